The Balaban J connectivity index is 2.24. The van der Waals surface area contributed by atoms with Crippen molar-refractivity contribution < 1.29 is 31.5 Å². The number of alkyl halides is 3. The second kappa shape index (κ2) is 8.53. The second-order valence-electron chi connectivity index (χ2n) is 5.34. The van der Waals surface area contributed by atoms with E-state index in [4.69, 9.17) is 0 Å². The van der Waals surface area contributed by atoms with Crippen LogP contribution in [0.25, 0.3) is 10.0 Å². The first-order valence-electron chi connectivity index (χ1n) is 7.52. The van der Waals surface area contributed by atoms with E-state index < -0.39 is 44.0 Å². The van der Waals surface area contributed by atoms with Crippen LogP contribution in [-0.2, 0) is 4.79 Å². The predicted molar refractivity (Wildman–Crippen MR) is 95.2 cm³/mol. The van der Waals surface area contributed by atoms with Crippen LogP contribution < -0.4 is 10.1 Å². The van der Waals surface area contributed by atoms with Crippen molar-refractivity contribution in [2.75, 3.05) is 5.32 Å². The molecule has 0 fully saturated rings. The van der Waals surface area contributed by atoms with Crippen LogP contribution in [0, 0.1) is 6.92 Å². The molecule has 2 aromatic rings. The summed E-state index contributed by atoms with van der Waals surface area (Å²) in [4.78, 5) is 16.1. The summed E-state index contributed by atoms with van der Waals surface area (Å²) >= 11 is -0.541. The fourth-order valence-corrected chi connectivity index (χ4v) is 4.08. The summed E-state index contributed by atoms with van der Waals surface area (Å²) in [5.74, 6) is -3.85. The van der Waals surface area contributed by atoms with E-state index in [1.165, 1.54) is 18.3 Å². The molecular formula is C18H13F5N2O2Se. The maximum absolute atomic E-state index is 13.6. The molecule has 4 nitrogen and oxygen atoms in total. The van der Waals surface area contributed by atoms with Gasteiger partial charge in [0, 0.05) is 0 Å². The Labute approximate surface area is 162 Å². The first-order valence-corrected chi connectivity index (χ1v) is 9.24. The molecule has 28 heavy (non-hydrogen) atoms. The molecule has 1 N–H and O–H groups in total. The Kier molecular flexibility index (Phi) is 6.58. The molecule has 2 rings (SSSR count). The predicted octanol–water partition coefficient (Wildman–Crippen LogP) is 4.84. The molecule has 148 valence electrons. The molecule has 1 amide bonds. The monoisotopic (exact) mass is 464 g/mol. The van der Waals surface area contributed by atoms with Crippen LogP contribution >= 0.6 is 0 Å². The van der Waals surface area contributed by atoms with Crippen molar-refractivity contribution in [3.63, 3.8) is 0 Å². The number of amides is 1. The van der Waals surface area contributed by atoms with Crippen molar-refractivity contribution in [3.05, 3.63) is 66.4 Å². The fourth-order valence-electron chi connectivity index (χ4n) is 2.19. The summed E-state index contributed by atoms with van der Waals surface area (Å²) in [6.07, 6.45) is -2.68. The van der Waals surface area contributed by atoms with Crippen molar-refractivity contribution in [2.45, 2.75) is 13.3 Å². The molecule has 0 radical (unpaired) electrons. The minimum absolute atomic E-state index is 0.179. The van der Waals surface area contributed by atoms with Crippen LogP contribution in [-0.4, -0.2) is 31.8 Å². The van der Waals surface area contributed by atoms with Crippen LogP contribution in [0.1, 0.15) is 5.56 Å². The number of nitrogens with one attached hydrogen (secondary N) is 1. The van der Waals surface area contributed by atoms with E-state index in [1.807, 2.05) is 0 Å². The van der Waals surface area contributed by atoms with Crippen LogP contribution in [0.3, 0.4) is 0 Å². The molecule has 0 saturated heterocycles. The third-order valence-electron chi connectivity index (χ3n) is 3.34. The average molecular weight is 463 g/mol. The van der Waals surface area contributed by atoms with Crippen molar-refractivity contribution in [1.29, 1.82) is 0 Å². The van der Waals surface area contributed by atoms with Gasteiger partial charge < -0.3 is 0 Å². The van der Waals surface area contributed by atoms with Gasteiger partial charge in [0.05, 0.1) is 0 Å². The van der Waals surface area contributed by atoms with E-state index in [1.54, 1.807) is 6.92 Å². The van der Waals surface area contributed by atoms with E-state index in [0.29, 0.717) is 21.6 Å². The van der Waals surface area contributed by atoms with E-state index >= 15 is 0 Å². The number of carbonyl (C=O) groups is 1. The van der Waals surface area contributed by atoms with Crippen molar-refractivity contribution in [1.82, 2.24) is 4.98 Å². The molecule has 0 spiro atoms. The molecule has 1 heterocycles. The number of hydrogen-bond acceptors (Lipinski definition) is 3. The topological polar surface area (TPSA) is 51.2 Å². The number of anilines is 1. The number of benzene rings is 1. The van der Waals surface area contributed by atoms with Gasteiger partial charge in [0.15, 0.2) is 0 Å². The molecule has 0 saturated carbocycles. The zero-order chi connectivity index (χ0) is 21.1. The number of carbonyl (C=O) groups excluding carboxylic acids is 1. The third-order valence-corrected chi connectivity index (χ3v) is 5.32. The van der Waals surface area contributed by atoms with Crippen LogP contribution in [0.5, 0.6) is 5.75 Å². The third kappa shape index (κ3) is 5.40. The first kappa shape index (κ1) is 21.6. The van der Waals surface area contributed by atoms with E-state index in [-0.39, 0.29) is 10.4 Å². The Hall–Kier alpha value is -2.71. The van der Waals surface area contributed by atoms with E-state index in [2.05, 4.69) is 28.2 Å². The molecular weight excluding hydrogens is 450 g/mol. The summed E-state index contributed by atoms with van der Waals surface area (Å²) in [7, 11) is 0. The maximum atomic E-state index is 13.6. The van der Waals surface area contributed by atoms with Gasteiger partial charge in [-0.05, 0) is 0 Å². The van der Waals surface area contributed by atoms with Crippen LogP contribution in [0.15, 0.2) is 60.9 Å². The Bertz CT molecular complexity index is 963. The zero-order valence-corrected chi connectivity index (χ0v) is 16.1. The van der Waals surface area contributed by atoms with Gasteiger partial charge in [0.25, 0.3) is 0 Å². The van der Waals surface area contributed by atoms with Gasteiger partial charge in [0.2, 0.25) is 0 Å². The molecule has 0 aliphatic rings. The van der Waals surface area contributed by atoms with E-state index in [0.717, 1.165) is 6.07 Å². The summed E-state index contributed by atoms with van der Waals surface area (Å²) in [5, 5.41) is 2.30. The summed E-state index contributed by atoms with van der Waals surface area (Å²) < 4.78 is 68.5. The Morgan fingerprint density at radius 2 is 2.00 bits per heavy atom. The summed E-state index contributed by atoms with van der Waals surface area (Å²) in [6.45, 7) is 7.64. The molecule has 0 aliphatic heterocycles. The average Bonchev–Trinajstić information content (AvgIpc) is 3.01. The van der Waals surface area contributed by atoms with Gasteiger partial charge in [0.1, 0.15) is 0 Å². The van der Waals surface area contributed by atoms with Crippen molar-refractivity contribution >= 4 is 25.1 Å². The van der Waals surface area contributed by atoms with Crippen LogP contribution in [0.2, 0.25) is 0 Å². The summed E-state index contributed by atoms with van der Waals surface area (Å²) in [5.41, 5.74) is 0.241. The van der Waals surface area contributed by atoms with Gasteiger partial charge in [-0.2, -0.15) is 0 Å². The molecule has 1 aromatic heterocycles. The molecule has 0 bridgehead atoms. The number of allylic oxidation sites excluding steroid dienone is 2. The van der Waals surface area contributed by atoms with Gasteiger partial charge in [-0.15, -0.1) is 0 Å². The second-order valence-corrected chi connectivity index (χ2v) is 7.50. The fraction of sp³-hybridized carbons (Fsp3) is 0.111. The normalized spacial score (nSPS) is 12.2. The number of aromatic nitrogens is 1. The molecule has 10 heteroatoms. The minimum atomic E-state index is -4.79. The van der Waals surface area contributed by atoms with Crippen molar-refractivity contribution in [2.24, 2.45) is 0 Å². The zero-order valence-electron chi connectivity index (χ0n) is 14.4. The number of rotatable bonds is 6. The SMILES string of the molecule is C=C/C(F)=C(\C(=C)F)C(=O)Nc1ncc(-c2ccc(OC(F)(F)F)cc2C)[se]1. The Morgan fingerprint density at radius 1 is 1.32 bits per heavy atom. The quantitative estimate of drug-likeness (QED) is 0.289. The molecule has 0 aliphatic carbocycles. The number of ether oxygens (including phenoxy) is 1. The van der Waals surface area contributed by atoms with Gasteiger partial charge in [-0.1, -0.05) is 0 Å². The van der Waals surface area contributed by atoms with Crippen molar-refractivity contribution in [3.8, 4) is 15.8 Å². The number of aryl methyl sites for hydroxylation is 1. The molecule has 0 atom stereocenters. The molecule has 1 aromatic carbocycles. The number of hydrogen-bond donors (Lipinski definition) is 1. The van der Waals surface area contributed by atoms with Gasteiger partial charge in [-0.3, -0.25) is 0 Å². The van der Waals surface area contributed by atoms with Crippen LogP contribution in [0.4, 0.5) is 26.6 Å². The molecule has 0 unspecified atom stereocenters. The Morgan fingerprint density at radius 3 is 2.54 bits per heavy atom. The van der Waals surface area contributed by atoms with E-state index in [9.17, 15) is 26.7 Å². The van der Waals surface area contributed by atoms with Gasteiger partial charge >= 0.3 is 162 Å². The van der Waals surface area contributed by atoms with Gasteiger partial charge in [-0.25, -0.2) is 0 Å². The number of nitrogens with zero attached hydrogens (tertiary/aromatic N) is 1. The number of halogens is 5. The summed E-state index contributed by atoms with van der Waals surface area (Å²) in [6, 6.07) is 3.83. The standard InChI is InChI=1S/C18H13F5N2O2Se/c1-4-13(20)15(10(3)19)16(26)25-17-24-8-14(28-17)12-6-5-11(7-9(12)2)27-18(21,22)23/h4-8H,1,3H2,2H3,(H,24,25,26)/b15-13-. The first-order chi connectivity index (χ1) is 13.0.